The molecule has 4 aromatic rings. The summed E-state index contributed by atoms with van der Waals surface area (Å²) in [5, 5.41) is 12.7. The number of rotatable bonds is 7. The number of ether oxygens (including phenoxy) is 1. The molecule has 2 aromatic carbocycles. The van der Waals surface area contributed by atoms with Crippen LogP contribution in [0.2, 0.25) is 0 Å². The van der Waals surface area contributed by atoms with Gasteiger partial charge >= 0.3 is 5.97 Å². The predicted octanol–water partition coefficient (Wildman–Crippen LogP) is 7.61. The molecule has 0 saturated heterocycles. The molecule has 0 radical (unpaired) electrons. The summed E-state index contributed by atoms with van der Waals surface area (Å²) >= 11 is 1.75. The van der Waals surface area contributed by atoms with Crippen molar-refractivity contribution >= 4 is 38.2 Å². The molecule has 0 spiro atoms. The molecule has 2 aromatic heterocycles. The Morgan fingerprint density at radius 1 is 1.12 bits per heavy atom. The molecule has 1 saturated carbocycles. The van der Waals surface area contributed by atoms with E-state index in [0.29, 0.717) is 24.5 Å². The van der Waals surface area contributed by atoms with Crippen LogP contribution in [0.25, 0.3) is 32.0 Å². The number of fused-ring (bicyclic) bond motifs is 2. The molecular formula is C29H28N2O2S. The van der Waals surface area contributed by atoms with Crippen molar-refractivity contribution < 1.29 is 9.53 Å². The highest BCUT2D eigenvalue weighted by atomic mass is 32.1. The molecule has 1 atom stereocenters. The Labute approximate surface area is 204 Å². The van der Waals surface area contributed by atoms with Crippen molar-refractivity contribution in [3.8, 4) is 17.2 Å². The molecule has 172 valence electrons. The summed E-state index contributed by atoms with van der Waals surface area (Å²) in [5.74, 6) is 0.745. The zero-order valence-corrected chi connectivity index (χ0v) is 20.2. The lowest BCUT2D eigenvalue weighted by atomic mass is 9.89. The molecule has 5 rings (SSSR count). The van der Waals surface area contributed by atoms with Crippen molar-refractivity contribution in [3.05, 3.63) is 65.3 Å². The highest BCUT2D eigenvalue weighted by molar-refractivity contribution is 7.19. The van der Waals surface area contributed by atoms with Crippen LogP contribution >= 0.6 is 11.3 Å². The van der Waals surface area contributed by atoms with Gasteiger partial charge in [-0.15, -0.1) is 11.3 Å². The summed E-state index contributed by atoms with van der Waals surface area (Å²) in [4.78, 5) is 18.3. The topological polar surface area (TPSA) is 63.0 Å². The number of nitrogens with zero attached hydrogens (tertiary/aromatic N) is 2. The molecule has 2 heterocycles. The SMILES string of the molecule is CCOC(=O)C[C@H](CC1CCCC1)c1cc2c(-c3ccc(C#N)c4ccccc34)cncc2s1. The van der Waals surface area contributed by atoms with Crippen LogP contribution in [-0.2, 0) is 9.53 Å². The summed E-state index contributed by atoms with van der Waals surface area (Å²) in [7, 11) is 0. The van der Waals surface area contributed by atoms with Crippen molar-refractivity contribution in [3.63, 3.8) is 0 Å². The van der Waals surface area contributed by atoms with Gasteiger partial charge in [-0.1, -0.05) is 56.0 Å². The summed E-state index contributed by atoms with van der Waals surface area (Å²) in [6, 6.07) is 16.6. The summed E-state index contributed by atoms with van der Waals surface area (Å²) < 4.78 is 6.45. The van der Waals surface area contributed by atoms with E-state index in [1.807, 2.05) is 49.6 Å². The molecule has 0 bridgehead atoms. The van der Waals surface area contributed by atoms with Crippen LogP contribution in [0, 0.1) is 17.2 Å². The van der Waals surface area contributed by atoms with Gasteiger partial charge < -0.3 is 4.74 Å². The number of carbonyl (C=O) groups excluding carboxylic acids is 1. The lowest BCUT2D eigenvalue weighted by Gasteiger charge is -2.18. The van der Waals surface area contributed by atoms with Crippen LogP contribution in [0.4, 0.5) is 0 Å². The van der Waals surface area contributed by atoms with Crippen LogP contribution in [0.3, 0.4) is 0 Å². The molecular weight excluding hydrogens is 440 g/mol. The van der Waals surface area contributed by atoms with Crippen molar-refractivity contribution in [2.45, 2.75) is 51.4 Å². The standard InChI is InChI=1S/C29H28N2O2S/c1-2-33-29(32)14-21(13-19-7-3-4-8-19)27-15-25-26(17-31-18-28(25)34-27)24-12-11-20(16-30)22-9-5-6-10-23(22)24/h5-6,9-12,15,17-19,21H,2-4,7-8,13-14H2,1H3/t21-/m0/s1. The van der Waals surface area contributed by atoms with Crippen LogP contribution in [0.5, 0.6) is 0 Å². The summed E-state index contributed by atoms with van der Waals surface area (Å²) in [5.41, 5.74) is 2.82. The van der Waals surface area contributed by atoms with E-state index in [4.69, 9.17) is 4.74 Å². The lowest BCUT2D eigenvalue weighted by molar-refractivity contribution is -0.143. The Bertz CT molecular complexity index is 1380. The fraction of sp³-hybridized carbons (Fsp3) is 0.345. The zero-order chi connectivity index (χ0) is 23.5. The van der Waals surface area contributed by atoms with Crippen molar-refractivity contribution in [1.82, 2.24) is 4.98 Å². The normalized spacial score (nSPS) is 14.9. The minimum absolute atomic E-state index is 0.112. The number of pyridine rings is 1. The molecule has 0 amide bonds. The molecule has 34 heavy (non-hydrogen) atoms. The van der Waals surface area contributed by atoms with Gasteiger partial charge in [-0.3, -0.25) is 9.78 Å². The zero-order valence-electron chi connectivity index (χ0n) is 19.4. The highest BCUT2D eigenvalue weighted by Crippen LogP contribution is 2.43. The van der Waals surface area contributed by atoms with Crippen molar-refractivity contribution in [2.75, 3.05) is 6.61 Å². The Hall–Kier alpha value is -3.23. The van der Waals surface area contributed by atoms with E-state index in [2.05, 4.69) is 23.2 Å². The van der Waals surface area contributed by atoms with E-state index in [1.165, 1.54) is 30.6 Å². The third-order valence-corrected chi connectivity index (χ3v) is 8.25. The first-order valence-electron chi connectivity index (χ1n) is 12.1. The van der Waals surface area contributed by atoms with E-state index in [-0.39, 0.29) is 11.9 Å². The first kappa shape index (κ1) is 22.6. The lowest BCUT2D eigenvalue weighted by Crippen LogP contribution is -2.12. The second-order valence-electron chi connectivity index (χ2n) is 9.16. The second kappa shape index (κ2) is 9.95. The Morgan fingerprint density at radius 2 is 1.91 bits per heavy atom. The van der Waals surface area contributed by atoms with Gasteiger partial charge in [-0.25, -0.2) is 0 Å². The number of hydrogen-bond acceptors (Lipinski definition) is 5. The van der Waals surface area contributed by atoms with Gasteiger partial charge in [-0.2, -0.15) is 5.26 Å². The molecule has 0 unspecified atom stereocenters. The number of benzene rings is 2. The second-order valence-corrected chi connectivity index (χ2v) is 10.3. The average Bonchev–Trinajstić information content (AvgIpc) is 3.53. The van der Waals surface area contributed by atoms with Gasteiger partial charge in [0.15, 0.2) is 0 Å². The number of aromatic nitrogens is 1. The number of thiophene rings is 1. The third-order valence-electron chi connectivity index (χ3n) is 7.01. The van der Waals surface area contributed by atoms with E-state index in [1.54, 1.807) is 11.3 Å². The number of hydrogen-bond donors (Lipinski definition) is 0. The summed E-state index contributed by atoms with van der Waals surface area (Å²) in [6.45, 7) is 2.28. The summed E-state index contributed by atoms with van der Waals surface area (Å²) in [6.07, 6.45) is 10.4. The van der Waals surface area contributed by atoms with E-state index < -0.39 is 0 Å². The fourth-order valence-corrected chi connectivity index (χ4v) is 6.57. The van der Waals surface area contributed by atoms with Crippen molar-refractivity contribution in [2.24, 2.45) is 5.92 Å². The number of nitriles is 1. The first-order chi connectivity index (χ1) is 16.7. The largest absolute Gasteiger partial charge is 0.466 e. The van der Waals surface area contributed by atoms with Gasteiger partial charge in [-0.05, 0) is 42.3 Å². The molecule has 1 fully saturated rings. The van der Waals surface area contributed by atoms with Gasteiger partial charge in [0.25, 0.3) is 0 Å². The highest BCUT2D eigenvalue weighted by Gasteiger charge is 2.26. The van der Waals surface area contributed by atoms with E-state index >= 15 is 0 Å². The molecule has 0 aliphatic heterocycles. The van der Waals surface area contributed by atoms with Crippen LogP contribution in [-0.4, -0.2) is 17.6 Å². The maximum atomic E-state index is 12.5. The fourth-order valence-electron chi connectivity index (χ4n) is 5.40. The maximum Gasteiger partial charge on any atom is 0.306 e. The first-order valence-corrected chi connectivity index (χ1v) is 12.9. The molecule has 1 aliphatic rings. The Balaban J connectivity index is 1.58. The predicted molar refractivity (Wildman–Crippen MR) is 138 cm³/mol. The van der Waals surface area contributed by atoms with Crippen LogP contribution in [0.15, 0.2) is 54.9 Å². The maximum absolute atomic E-state index is 12.5. The molecule has 0 N–H and O–H groups in total. The monoisotopic (exact) mass is 468 g/mol. The van der Waals surface area contributed by atoms with Crippen LogP contribution in [0.1, 0.15) is 61.8 Å². The smallest absolute Gasteiger partial charge is 0.306 e. The molecule has 4 nitrogen and oxygen atoms in total. The van der Waals surface area contributed by atoms with E-state index in [0.717, 1.165) is 38.4 Å². The van der Waals surface area contributed by atoms with Gasteiger partial charge in [0, 0.05) is 39.5 Å². The van der Waals surface area contributed by atoms with Gasteiger partial charge in [0.2, 0.25) is 0 Å². The van der Waals surface area contributed by atoms with E-state index in [9.17, 15) is 10.1 Å². The Morgan fingerprint density at radius 3 is 2.68 bits per heavy atom. The van der Waals surface area contributed by atoms with Crippen LogP contribution < -0.4 is 0 Å². The van der Waals surface area contributed by atoms with Crippen molar-refractivity contribution in [1.29, 1.82) is 5.26 Å². The van der Waals surface area contributed by atoms with Gasteiger partial charge in [0.1, 0.15) is 0 Å². The minimum atomic E-state index is -0.112. The minimum Gasteiger partial charge on any atom is -0.466 e. The third kappa shape index (κ3) is 4.43. The quantitative estimate of drug-likeness (QED) is 0.262. The van der Waals surface area contributed by atoms with Gasteiger partial charge in [0.05, 0.1) is 29.4 Å². The molecule has 1 aliphatic carbocycles. The number of carbonyl (C=O) groups is 1. The Kier molecular flexibility index (Phi) is 6.60. The number of esters is 1. The average molecular weight is 469 g/mol. The molecule has 5 heteroatoms.